The maximum absolute atomic E-state index is 11.9. The highest BCUT2D eigenvalue weighted by molar-refractivity contribution is 5.76. The van der Waals surface area contributed by atoms with Gasteiger partial charge >= 0.3 is 0 Å². The van der Waals surface area contributed by atoms with Crippen molar-refractivity contribution in [2.24, 2.45) is 0 Å². The summed E-state index contributed by atoms with van der Waals surface area (Å²) in [5.74, 6) is 0.135. The number of hydrogen-bond donors (Lipinski definition) is 1. The minimum atomic E-state index is 0.0875. The monoisotopic (exact) mass is 232 g/mol. The topological polar surface area (TPSA) is 50.8 Å². The summed E-state index contributed by atoms with van der Waals surface area (Å²) in [4.78, 5) is 13.7. The van der Waals surface area contributed by atoms with Gasteiger partial charge in [-0.05, 0) is 14.0 Å². The molecule has 96 valence electrons. The molecule has 1 unspecified atom stereocenters. The molecule has 0 radical (unpaired) electrons. The predicted molar refractivity (Wildman–Crippen MR) is 63.5 cm³/mol. The van der Waals surface area contributed by atoms with Gasteiger partial charge in [-0.25, -0.2) is 0 Å². The van der Waals surface area contributed by atoms with Crippen LogP contribution in [-0.2, 0) is 14.3 Å². The standard InChI is InChI=1S/C11H24N2O3/c1-10(9-16-4)13(7-8-15-3)11(14)5-6-12-2/h10,12H,5-9H2,1-4H3. The van der Waals surface area contributed by atoms with Crippen molar-refractivity contribution in [1.29, 1.82) is 0 Å². The first-order chi connectivity index (χ1) is 7.67. The lowest BCUT2D eigenvalue weighted by Crippen LogP contribution is -2.43. The van der Waals surface area contributed by atoms with E-state index in [9.17, 15) is 4.79 Å². The van der Waals surface area contributed by atoms with Crippen molar-refractivity contribution in [1.82, 2.24) is 10.2 Å². The first kappa shape index (κ1) is 15.3. The van der Waals surface area contributed by atoms with Gasteiger partial charge in [0.15, 0.2) is 0 Å². The van der Waals surface area contributed by atoms with Gasteiger partial charge in [0.05, 0.1) is 19.3 Å². The smallest absolute Gasteiger partial charge is 0.224 e. The van der Waals surface area contributed by atoms with E-state index in [1.807, 2.05) is 18.9 Å². The van der Waals surface area contributed by atoms with E-state index in [0.717, 1.165) is 0 Å². The molecule has 5 heteroatoms. The van der Waals surface area contributed by atoms with Crippen LogP contribution in [0.4, 0.5) is 0 Å². The van der Waals surface area contributed by atoms with Crippen molar-refractivity contribution in [3.63, 3.8) is 0 Å². The highest BCUT2D eigenvalue weighted by Crippen LogP contribution is 2.02. The van der Waals surface area contributed by atoms with Gasteiger partial charge in [0, 0.05) is 33.7 Å². The average Bonchev–Trinajstić information content (AvgIpc) is 2.27. The highest BCUT2D eigenvalue weighted by atomic mass is 16.5. The molecule has 0 bridgehead atoms. The maximum Gasteiger partial charge on any atom is 0.224 e. The van der Waals surface area contributed by atoms with E-state index in [1.54, 1.807) is 14.2 Å². The molecule has 0 aromatic rings. The Morgan fingerprint density at radius 3 is 2.56 bits per heavy atom. The molecule has 5 nitrogen and oxygen atoms in total. The first-order valence-electron chi connectivity index (χ1n) is 5.59. The van der Waals surface area contributed by atoms with Crippen molar-refractivity contribution in [3.8, 4) is 0 Å². The SMILES string of the molecule is CNCCC(=O)N(CCOC)C(C)COC. The summed E-state index contributed by atoms with van der Waals surface area (Å²) in [7, 11) is 5.12. The molecular formula is C11H24N2O3. The Morgan fingerprint density at radius 2 is 2.06 bits per heavy atom. The zero-order valence-electron chi connectivity index (χ0n) is 10.8. The number of amides is 1. The number of methoxy groups -OCH3 is 2. The predicted octanol–water partition coefficient (Wildman–Crippen LogP) is 0.106. The van der Waals surface area contributed by atoms with Crippen LogP contribution in [-0.4, -0.2) is 64.4 Å². The molecule has 1 atom stereocenters. The summed E-state index contributed by atoms with van der Waals surface area (Å²) in [6, 6.07) is 0.0875. The molecule has 0 spiro atoms. The quantitative estimate of drug-likeness (QED) is 0.613. The zero-order valence-corrected chi connectivity index (χ0v) is 10.8. The maximum atomic E-state index is 11.9. The Hall–Kier alpha value is -0.650. The Bertz CT molecular complexity index is 188. The first-order valence-corrected chi connectivity index (χ1v) is 5.59. The fourth-order valence-electron chi connectivity index (χ4n) is 1.49. The van der Waals surface area contributed by atoms with E-state index in [2.05, 4.69) is 5.32 Å². The summed E-state index contributed by atoms with van der Waals surface area (Å²) in [6.45, 7) is 4.40. The summed E-state index contributed by atoms with van der Waals surface area (Å²) < 4.78 is 10.1. The molecule has 0 aromatic heterocycles. The lowest BCUT2D eigenvalue weighted by atomic mass is 10.2. The summed E-state index contributed by atoms with van der Waals surface area (Å²) in [5, 5.41) is 2.97. The number of hydrogen-bond acceptors (Lipinski definition) is 4. The molecular weight excluding hydrogens is 208 g/mol. The molecule has 1 N–H and O–H groups in total. The van der Waals surface area contributed by atoms with Crippen LogP contribution >= 0.6 is 0 Å². The molecule has 0 aromatic carbocycles. The van der Waals surface area contributed by atoms with Crippen LogP contribution in [0.25, 0.3) is 0 Å². The minimum Gasteiger partial charge on any atom is -0.383 e. The molecule has 16 heavy (non-hydrogen) atoms. The van der Waals surface area contributed by atoms with E-state index < -0.39 is 0 Å². The van der Waals surface area contributed by atoms with Gasteiger partial charge in [-0.1, -0.05) is 0 Å². The number of nitrogens with zero attached hydrogens (tertiary/aromatic N) is 1. The minimum absolute atomic E-state index is 0.0875. The van der Waals surface area contributed by atoms with Crippen molar-refractivity contribution in [2.45, 2.75) is 19.4 Å². The summed E-state index contributed by atoms with van der Waals surface area (Å²) in [5.41, 5.74) is 0. The van der Waals surface area contributed by atoms with Gasteiger partial charge in [0.25, 0.3) is 0 Å². The number of carbonyl (C=O) groups excluding carboxylic acids is 1. The Kier molecular flexibility index (Phi) is 9.18. The molecule has 0 fully saturated rings. The molecule has 0 aliphatic carbocycles. The average molecular weight is 232 g/mol. The molecule has 0 rings (SSSR count). The number of ether oxygens (including phenoxy) is 2. The lowest BCUT2D eigenvalue weighted by molar-refractivity contribution is -0.134. The third-order valence-corrected chi connectivity index (χ3v) is 2.39. The lowest BCUT2D eigenvalue weighted by Gasteiger charge is -2.28. The molecule has 0 saturated heterocycles. The van der Waals surface area contributed by atoms with Crippen LogP contribution in [0.15, 0.2) is 0 Å². The molecule has 0 saturated carbocycles. The molecule has 0 heterocycles. The largest absolute Gasteiger partial charge is 0.383 e. The normalized spacial score (nSPS) is 12.5. The number of nitrogens with one attached hydrogen (secondary N) is 1. The summed E-state index contributed by atoms with van der Waals surface area (Å²) in [6.07, 6.45) is 0.508. The number of rotatable bonds is 9. The van der Waals surface area contributed by atoms with Gasteiger partial charge in [-0.2, -0.15) is 0 Å². The Labute approximate surface area is 98.1 Å². The van der Waals surface area contributed by atoms with Gasteiger partial charge in [0.1, 0.15) is 0 Å². The van der Waals surface area contributed by atoms with E-state index in [1.165, 1.54) is 0 Å². The zero-order chi connectivity index (χ0) is 12.4. The van der Waals surface area contributed by atoms with Crippen molar-refractivity contribution < 1.29 is 14.3 Å². The fraction of sp³-hybridized carbons (Fsp3) is 0.909. The van der Waals surface area contributed by atoms with E-state index in [0.29, 0.717) is 32.7 Å². The van der Waals surface area contributed by atoms with Crippen LogP contribution in [0.3, 0.4) is 0 Å². The number of carbonyl (C=O) groups is 1. The molecule has 1 amide bonds. The van der Waals surface area contributed by atoms with Crippen molar-refractivity contribution >= 4 is 5.91 Å². The van der Waals surface area contributed by atoms with Crippen LogP contribution in [0, 0.1) is 0 Å². The van der Waals surface area contributed by atoms with E-state index >= 15 is 0 Å². The second-order valence-electron chi connectivity index (χ2n) is 3.74. The third kappa shape index (κ3) is 6.05. The van der Waals surface area contributed by atoms with Crippen molar-refractivity contribution in [2.75, 3.05) is 47.6 Å². The summed E-state index contributed by atoms with van der Waals surface area (Å²) >= 11 is 0. The Morgan fingerprint density at radius 1 is 1.38 bits per heavy atom. The fourth-order valence-corrected chi connectivity index (χ4v) is 1.49. The van der Waals surface area contributed by atoms with Gasteiger partial charge in [0.2, 0.25) is 5.91 Å². The van der Waals surface area contributed by atoms with Crippen LogP contribution < -0.4 is 5.32 Å². The van der Waals surface area contributed by atoms with E-state index in [4.69, 9.17) is 9.47 Å². The van der Waals surface area contributed by atoms with Gasteiger partial charge in [-0.3, -0.25) is 4.79 Å². The molecule has 0 aliphatic rings. The highest BCUT2D eigenvalue weighted by Gasteiger charge is 2.18. The van der Waals surface area contributed by atoms with E-state index in [-0.39, 0.29) is 11.9 Å². The second kappa shape index (κ2) is 9.57. The van der Waals surface area contributed by atoms with Crippen LogP contribution in [0.1, 0.15) is 13.3 Å². The van der Waals surface area contributed by atoms with Crippen LogP contribution in [0.5, 0.6) is 0 Å². The third-order valence-electron chi connectivity index (χ3n) is 2.39. The van der Waals surface area contributed by atoms with Gasteiger partial charge in [-0.15, -0.1) is 0 Å². The second-order valence-corrected chi connectivity index (χ2v) is 3.74. The molecule has 0 aliphatic heterocycles. The van der Waals surface area contributed by atoms with Gasteiger partial charge < -0.3 is 19.7 Å². The Balaban J connectivity index is 4.21. The van der Waals surface area contributed by atoms with Crippen LogP contribution in [0.2, 0.25) is 0 Å². The van der Waals surface area contributed by atoms with Crippen molar-refractivity contribution in [3.05, 3.63) is 0 Å².